The zero-order chi connectivity index (χ0) is 35.8. The monoisotopic (exact) mass is 641 g/mol. The number of allylic oxidation sites excluding steroid dienone is 1. The zero-order valence-electron chi connectivity index (χ0n) is 32.1. The topological polar surface area (TPSA) is 11.0 Å². The van der Waals surface area contributed by atoms with Crippen molar-refractivity contribution in [2.45, 2.75) is 82.6 Å². The molecule has 48 heavy (non-hydrogen) atoms. The maximum atomic E-state index is 2.47. The first-order valence-electron chi connectivity index (χ1n) is 17.9. The number of hydrogen-bond acceptors (Lipinski definition) is 1. The van der Waals surface area contributed by atoms with Crippen molar-refractivity contribution in [2.24, 2.45) is 14.1 Å². The Bertz CT molecular complexity index is 1690. The predicted octanol–water partition coefficient (Wildman–Crippen LogP) is 9.60. The van der Waals surface area contributed by atoms with Gasteiger partial charge in [-0.2, -0.15) is 4.90 Å². The molecular weight excluding hydrogens is 581 g/mol. The van der Waals surface area contributed by atoms with Crippen LogP contribution in [0.4, 0.5) is 11.5 Å². The Morgan fingerprint density at radius 1 is 0.604 bits per heavy atom. The van der Waals surface area contributed by atoms with E-state index >= 15 is 0 Å². The zero-order valence-corrected chi connectivity index (χ0v) is 32.1. The number of fused-ring (bicyclic) bond motifs is 1. The number of rotatable bonds is 4. The van der Waals surface area contributed by atoms with Gasteiger partial charge in [0.15, 0.2) is 6.20 Å². The van der Waals surface area contributed by atoms with Gasteiger partial charge in [0.1, 0.15) is 12.7 Å². The minimum Gasteiger partial charge on any atom is -0.237 e. The van der Waals surface area contributed by atoms with Gasteiger partial charge in [-0.15, -0.1) is 0 Å². The van der Waals surface area contributed by atoms with Crippen LogP contribution in [0.25, 0.3) is 11.3 Å². The molecule has 2 aromatic heterocycles. The highest BCUT2D eigenvalue weighted by molar-refractivity contribution is 6.91. The first kappa shape index (κ1) is 39.7. The molecule has 252 valence electrons. The Morgan fingerprint density at radius 3 is 1.73 bits per heavy atom. The standard InChI is InChI=1S/C25H28BN2.C13H14N.3C2H6/c1-6-21-17-26(25-19(3)15-18(2)16-20(25)4)22-11-7-8-12-23(22)28(21)24-13-9-10-14-27(24)5;1-11-7-3-4-8-12(11)13-9-5-6-10-14(13)2;3*1-2/h7-17H,6H2,1-5H3;3-10H,1-2H3;3*1-2H3/q2*+1;;;. The van der Waals surface area contributed by atoms with Crippen molar-refractivity contribution < 1.29 is 9.13 Å². The first-order valence-corrected chi connectivity index (χ1v) is 17.9. The van der Waals surface area contributed by atoms with Crippen LogP contribution in [-0.4, -0.2) is 6.71 Å². The molecule has 3 nitrogen and oxygen atoms in total. The summed E-state index contributed by atoms with van der Waals surface area (Å²) in [6.45, 7) is 23.4. The Labute approximate surface area is 293 Å². The van der Waals surface area contributed by atoms with E-state index in [1.807, 2.05) is 47.6 Å². The molecule has 0 amide bonds. The fraction of sp³-hybridized carbons (Fsp3) is 0.318. The van der Waals surface area contributed by atoms with Crippen molar-refractivity contribution in [1.82, 2.24) is 0 Å². The van der Waals surface area contributed by atoms with Gasteiger partial charge in [-0.05, 0) is 63.0 Å². The van der Waals surface area contributed by atoms with E-state index in [4.69, 9.17) is 0 Å². The fourth-order valence-electron chi connectivity index (χ4n) is 6.34. The molecule has 0 fully saturated rings. The van der Waals surface area contributed by atoms with E-state index in [2.05, 4.69) is 172 Å². The summed E-state index contributed by atoms with van der Waals surface area (Å²) < 4.78 is 4.34. The van der Waals surface area contributed by atoms with E-state index in [1.54, 1.807) is 0 Å². The smallest absolute Gasteiger partial charge is 0.237 e. The largest absolute Gasteiger partial charge is 0.286 e. The second-order valence-electron chi connectivity index (χ2n) is 11.4. The Balaban J connectivity index is 0.000000336. The molecule has 6 rings (SSSR count). The Hall–Kier alpha value is -4.44. The summed E-state index contributed by atoms with van der Waals surface area (Å²) in [5, 5.41) is 0. The van der Waals surface area contributed by atoms with E-state index in [0.717, 1.165) is 6.42 Å². The van der Waals surface area contributed by atoms with Crippen LogP contribution in [0.1, 0.15) is 77.1 Å². The lowest BCUT2D eigenvalue weighted by atomic mass is 9.37. The second kappa shape index (κ2) is 20.0. The summed E-state index contributed by atoms with van der Waals surface area (Å²) in [5.41, 5.74) is 13.4. The Kier molecular flexibility index (Phi) is 16.6. The quantitative estimate of drug-likeness (QED) is 0.141. The van der Waals surface area contributed by atoms with Crippen molar-refractivity contribution in [3.05, 3.63) is 143 Å². The lowest BCUT2D eigenvalue weighted by molar-refractivity contribution is -0.660. The average molecular weight is 642 g/mol. The minimum absolute atomic E-state index is 0.289. The summed E-state index contributed by atoms with van der Waals surface area (Å²) in [6, 6.07) is 34.6. The van der Waals surface area contributed by atoms with Crippen LogP contribution in [0.15, 0.2) is 121 Å². The third kappa shape index (κ3) is 9.34. The number of anilines is 2. The predicted molar refractivity (Wildman–Crippen MR) is 212 cm³/mol. The normalized spacial score (nSPS) is 11.1. The van der Waals surface area contributed by atoms with Crippen LogP contribution < -0.4 is 25.0 Å². The number of benzene rings is 3. The lowest BCUT2D eigenvalue weighted by Gasteiger charge is -2.30. The summed E-state index contributed by atoms with van der Waals surface area (Å²) in [5.74, 6) is 3.67. The van der Waals surface area contributed by atoms with Gasteiger partial charge in [0.2, 0.25) is 12.4 Å². The molecule has 3 heterocycles. The Morgan fingerprint density at radius 2 is 1.15 bits per heavy atom. The van der Waals surface area contributed by atoms with Crippen molar-refractivity contribution in [1.29, 1.82) is 0 Å². The molecular formula is C44H60BN3+2. The van der Waals surface area contributed by atoms with E-state index in [0.29, 0.717) is 0 Å². The van der Waals surface area contributed by atoms with Gasteiger partial charge >= 0.3 is 0 Å². The van der Waals surface area contributed by atoms with E-state index in [-0.39, 0.29) is 6.71 Å². The van der Waals surface area contributed by atoms with Crippen LogP contribution in [0.2, 0.25) is 0 Å². The number of hydrogen-bond donors (Lipinski definition) is 0. The highest BCUT2D eigenvalue weighted by Crippen LogP contribution is 2.31. The number of nitrogens with zero attached hydrogens (tertiary/aromatic N) is 3. The third-order valence-corrected chi connectivity index (χ3v) is 8.30. The molecule has 0 unspecified atom stereocenters. The van der Waals surface area contributed by atoms with Crippen molar-refractivity contribution in [3.8, 4) is 11.3 Å². The fourth-order valence-corrected chi connectivity index (χ4v) is 6.34. The number of aromatic nitrogens is 2. The highest BCUT2D eigenvalue weighted by Gasteiger charge is 2.36. The summed E-state index contributed by atoms with van der Waals surface area (Å²) in [7, 11) is 4.19. The van der Waals surface area contributed by atoms with Crippen LogP contribution in [0.5, 0.6) is 0 Å². The average Bonchev–Trinajstić information content (AvgIpc) is 3.11. The van der Waals surface area contributed by atoms with Crippen LogP contribution >= 0.6 is 0 Å². The summed E-state index contributed by atoms with van der Waals surface area (Å²) in [6.07, 6.45) is 5.18. The molecule has 4 heteroatoms. The van der Waals surface area contributed by atoms with Crippen LogP contribution in [-0.2, 0) is 14.1 Å². The SMILES string of the molecule is CC.CC.CC.CCC1=CB(c2c(C)cc(C)cc2C)c2ccccc2N1c1cccc[n+]1C.Cc1ccccc1-c1cccc[n+]1C. The molecule has 0 radical (unpaired) electrons. The molecule has 3 aromatic carbocycles. The minimum atomic E-state index is 0.289. The molecule has 5 aromatic rings. The maximum absolute atomic E-state index is 2.47. The molecule has 0 bridgehead atoms. The van der Waals surface area contributed by atoms with Gasteiger partial charge in [0.25, 0.3) is 5.82 Å². The van der Waals surface area contributed by atoms with Gasteiger partial charge in [-0.1, -0.05) is 131 Å². The molecule has 0 aliphatic carbocycles. The van der Waals surface area contributed by atoms with Gasteiger partial charge in [-0.3, -0.25) is 0 Å². The van der Waals surface area contributed by atoms with Crippen molar-refractivity contribution in [2.75, 3.05) is 4.90 Å². The van der Waals surface area contributed by atoms with E-state index in [9.17, 15) is 0 Å². The van der Waals surface area contributed by atoms with Gasteiger partial charge in [-0.25, -0.2) is 9.13 Å². The van der Waals surface area contributed by atoms with Gasteiger partial charge in [0.05, 0.1) is 18.9 Å². The molecule has 1 aliphatic heterocycles. The maximum Gasteiger partial charge on any atom is 0.286 e. The summed E-state index contributed by atoms with van der Waals surface area (Å²) >= 11 is 0. The van der Waals surface area contributed by atoms with E-state index < -0.39 is 0 Å². The molecule has 0 N–H and O–H groups in total. The molecule has 1 aliphatic rings. The molecule has 0 saturated carbocycles. The lowest BCUT2D eigenvalue weighted by Crippen LogP contribution is -2.50. The number of aryl methyl sites for hydroxylation is 6. The van der Waals surface area contributed by atoms with Gasteiger partial charge < -0.3 is 0 Å². The first-order chi connectivity index (χ1) is 23.3. The van der Waals surface area contributed by atoms with E-state index in [1.165, 1.54) is 61.6 Å². The third-order valence-electron chi connectivity index (χ3n) is 8.30. The van der Waals surface area contributed by atoms with Crippen LogP contribution in [0, 0.1) is 27.7 Å². The van der Waals surface area contributed by atoms with Gasteiger partial charge in [0, 0.05) is 30.2 Å². The highest BCUT2D eigenvalue weighted by atomic mass is 15.2. The van der Waals surface area contributed by atoms with Crippen molar-refractivity contribution in [3.63, 3.8) is 0 Å². The molecule has 0 saturated heterocycles. The number of pyridine rings is 2. The number of para-hydroxylation sites is 1. The molecule has 0 atom stereocenters. The van der Waals surface area contributed by atoms with Crippen LogP contribution in [0.3, 0.4) is 0 Å². The second-order valence-corrected chi connectivity index (χ2v) is 11.4. The van der Waals surface area contributed by atoms with Crippen molar-refractivity contribution >= 4 is 29.1 Å². The molecule has 0 spiro atoms. The summed E-state index contributed by atoms with van der Waals surface area (Å²) in [4.78, 5) is 2.42.